The van der Waals surface area contributed by atoms with Crippen LogP contribution >= 0.6 is 23.2 Å². The second kappa shape index (κ2) is 17.3. The van der Waals surface area contributed by atoms with Crippen LogP contribution in [-0.2, 0) is 25.5 Å². The van der Waals surface area contributed by atoms with Crippen LogP contribution in [0.2, 0.25) is 0 Å². The van der Waals surface area contributed by atoms with Crippen molar-refractivity contribution in [2.45, 2.75) is 51.6 Å². The lowest BCUT2D eigenvalue weighted by Gasteiger charge is -2.36. The molecule has 0 bridgehead atoms. The molecule has 2 atom stereocenters. The van der Waals surface area contributed by atoms with Crippen molar-refractivity contribution in [1.29, 1.82) is 0 Å². The maximum Gasteiger partial charge on any atom is 0.330 e. The lowest BCUT2D eigenvalue weighted by atomic mass is 10.0. The third-order valence-electron chi connectivity index (χ3n) is 7.33. The number of nitrogens with zero attached hydrogens (tertiary/aromatic N) is 3. The van der Waals surface area contributed by atoms with E-state index in [-0.39, 0.29) is 12.6 Å². The van der Waals surface area contributed by atoms with Crippen molar-refractivity contribution in [3.8, 4) is 5.75 Å². The first kappa shape index (κ1) is 34.4. The van der Waals surface area contributed by atoms with Crippen LogP contribution in [0.1, 0.15) is 38.7 Å². The van der Waals surface area contributed by atoms with Crippen molar-refractivity contribution in [2.24, 2.45) is 5.73 Å². The summed E-state index contributed by atoms with van der Waals surface area (Å²) in [5.41, 5.74) is 8.15. The monoisotopic (exact) mass is 635 g/mol. The minimum absolute atomic E-state index is 0.142. The Bertz CT molecular complexity index is 1200. The molecule has 1 aromatic rings. The minimum atomic E-state index is -0.887. The van der Waals surface area contributed by atoms with E-state index in [1.807, 2.05) is 30.4 Å². The van der Waals surface area contributed by atoms with Gasteiger partial charge in [-0.1, -0.05) is 30.3 Å². The molecule has 236 valence electrons. The van der Waals surface area contributed by atoms with E-state index < -0.39 is 24.0 Å². The topological polar surface area (TPSA) is 117 Å². The third-order valence-corrected chi connectivity index (χ3v) is 8.01. The van der Waals surface area contributed by atoms with E-state index in [1.54, 1.807) is 6.08 Å². The maximum atomic E-state index is 12.7. The Kier molecular flexibility index (Phi) is 13.9. The number of halogens is 2. The zero-order chi connectivity index (χ0) is 31.4. The summed E-state index contributed by atoms with van der Waals surface area (Å²) < 4.78 is 11.4. The number of benzene rings is 1. The predicted molar refractivity (Wildman–Crippen MR) is 170 cm³/mol. The van der Waals surface area contributed by atoms with E-state index in [0.29, 0.717) is 41.8 Å². The van der Waals surface area contributed by atoms with Crippen molar-refractivity contribution in [2.75, 3.05) is 56.8 Å². The molecular weight excluding hydrogens is 593 g/mol. The van der Waals surface area contributed by atoms with Gasteiger partial charge in [0.2, 0.25) is 11.8 Å². The number of fused-ring (bicyclic) bond motifs is 1. The molecule has 3 rings (SSSR count). The SMILES string of the molecule is C=C(/C=C\C=C(\Cl)CCl)N1CCN(CCCCOc2ccc3c(c2)N(COC(=O)C(C)NC(=O)C(C)N)C(=O)CC3)CC1. The van der Waals surface area contributed by atoms with Gasteiger partial charge in [0.1, 0.15) is 11.8 Å². The van der Waals surface area contributed by atoms with E-state index in [1.165, 1.54) is 18.7 Å². The van der Waals surface area contributed by atoms with E-state index >= 15 is 0 Å². The van der Waals surface area contributed by atoms with Crippen LogP contribution in [-0.4, -0.2) is 91.6 Å². The number of hydrogen-bond donors (Lipinski definition) is 2. The molecule has 2 heterocycles. The Labute approximate surface area is 264 Å². The lowest BCUT2D eigenvalue weighted by molar-refractivity contribution is -0.147. The molecule has 0 spiro atoms. The summed E-state index contributed by atoms with van der Waals surface area (Å²) >= 11 is 11.6. The highest BCUT2D eigenvalue weighted by atomic mass is 35.5. The Morgan fingerprint density at radius 3 is 2.60 bits per heavy atom. The van der Waals surface area contributed by atoms with Crippen LogP contribution in [0.4, 0.5) is 5.69 Å². The van der Waals surface area contributed by atoms with Crippen molar-refractivity contribution in [3.63, 3.8) is 0 Å². The molecule has 2 amide bonds. The number of allylic oxidation sites excluding steroid dienone is 4. The number of piperazine rings is 1. The molecule has 2 aliphatic rings. The molecule has 1 fully saturated rings. The fraction of sp³-hybridized carbons (Fsp3) is 0.516. The van der Waals surface area contributed by atoms with E-state index in [9.17, 15) is 14.4 Å². The number of unbranched alkanes of at least 4 members (excludes halogenated alkanes) is 1. The Morgan fingerprint density at radius 2 is 1.91 bits per heavy atom. The van der Waals surface area contributed by atoms with Gasteiger partial charge >= 0.3 is 5.97 Å². The van der Waals surface area contributed by atoms with Gasteiger partial charge in [-0.25, -0.2) is 4.79 Å². The Balaban J connectivity index is 1.41. The summed E-state index contributed by atoms with van der Waals surface area (Å²) in [5.74, 6) is -0.291. The van der Waals surface area contributed by atoms with E-state index in [2.05, 4.69) is 21.7 Å². The van der Waals surface area contributed by atoms with Crippen LogP contribution in [0.5, 0.6) is 5.75 Å². The number of nitrogens with two attached hydrogens (primary N) is 1. The second-order valence-corrected chi connectivity index (χ2v) is 11.5. The molecule has 0 radical (unpaired) electrons. The third kappa shape index (κ3) is 10.9. The zero-order valence-corrected chi connectivity index (χ0v) is 26.5. The normalized spacial score (nSPS) is 17.4. The van der Waals surface area contributed by atoms with Gasteiger partial charge in [-0.05, 0) is 63.4 Å². The van der Waals surface area contributed by atoms with Gasteiger partial charge in [-0.3, -0.25) is 19.4 Å². The lowest BCUT2D eigenvalue weighted by Crippen LogP contribution is -2.47. The standard InChI is InChI=1S/C31H43Cl2N5O5/c1-22(7-6-8-26(33)20-32)37-16-14-36(15-17-37)13-4-5-18-42-27-11-9-25-10-12-29(39)38(28(25)19-27)21-43-31(41)24(3)35-30(40)23(2)34/h6-9,11,19,23-24H,1,4-5,10,12-18,20-21,34H2,2-3H3,(H,35,40)/b7-6-,26-8+. The van der Waals surface area contributed by atoms with E-state index in [4.69, 9.17) is 38.4 Å². The zero-order valence-electron chi connectivity index (χ0n) is 25.0. The minimum Gasteiger partial charge on any atom is -0.494 e. The summed E-state index contributed by atoms with van der Waals surface area (Å²) in [4.78, 5) is 43.0. The molecule has 1 aromatic carbocycles. The second-order valence-electron chi connectivity index (χ2n) is 10.7. The summed E-state index contributed by atoms with van der Waals surface area (Å²) in [7, 11) is 0. The van der Waals surface area contributed by atoms with Crippen molar-refractivity contribution < 1.29 is 23.9 Å². The fourth-order valence-corrected chi connectivity index (χ4v) is 4.87. The molecule has 10 nitrogen and oxygen atoms in total. The first-order chi connectivity index (χ1) is 20.6. The quantitative estimate of drug-likeness (QED) is 0.130. The van der Waals surface area contributed by atoms with Crippen LogP contribution in [0.25, 0.3) is 0 Å². The van der Waals surface area contributed by atoms with Crippen molar-refractivity contribution in [3.05, 3.63) is 59.3 Å². The molecule has 43 heavy (non-hydrogen) atoms. The molecule has 2 unspecified atom stereocenters. The summed E-state index contributed by atoms with van der Waals surface area (Å²) in [6, 6.07) is 4.04. The van der Waals surface area contributed by atoms with E-state index in [0.717, 1.165) is 56.8 Å². The van der Waals surface area contributed by atoms with Crippen LogP contribution in [0.3, 0.4) is 0 Å². The van der Waals surface area contributed by atoms with Gasteiger partial charge < -0.3 is 25.4 Å². The van der Waals surface area contributed by atoms with Gasteiger partial charge in [0, 0.05) is 49.4 Å². The molecular formula is C31H43Cl2N5O5. The predicted octanol–water partition coefficient (Wildman–Crippen LogP) is 3.53. The molecule has 2 aliphatic heterocycles. The molecule has 12 heteroatoms. The number of hydrogen-bond acceptors (Lipinski definition) is 8. The van der Waals surface area contributed by atoms with Crippen molar-refractivity contribution >= 4 is 46.7 Å². The number of alkyl halides is 1. The number of aryl methyl sites for hydroxylation is 1. The molecule has 0 aliphatic carbocycles. The van der Waals surface area contributed by atoms with Gasteiger partial charge in [0.25, 0.3) is 0 Å². The number of ether oxygens (including phenoxy) is 2. The Hall–Kier alpha value is -3.05. The number of rotatable bonds is 15. The number of carbonyl (C=O) groups excluding carboxylic acids is 3. The first-order valence-corrected chi connectivity index (χ1v) is 15.5. The maximum absolute atomic E-state index is 12.7. The number of nitrogens with one attached hydrogen (secondary N) is 1. The molecule has 0 aromatic heterocycles. The van der Waals surface area contributed by atoms with Gasteiger partial charge in [0.05, 0.1) is 24.2 Å². The highest BCUT2D eigenvalue weighted by Gasteiger charge is 2.27. The molecule has 1 saturated heterocycles. The summed E-state index contributed by atoms with van der Waals surface area (Å²) in [6.45, 7) is 12.3. The number of esters is 1. The summed E-state index contributed by atoms with van der Waals surface area (Å²) in [6.07, 6.45) is 8.44. The van der Waals surface area contributed by atoms with Crippen molar-refractivity contribution in [1.82, 2.24) is 15.1 Å². The number of amides is 2. The smallest absolute Gasteiger partial charge is 0.330 e. The highest BCUT2D eigenvalue weighted by Crippen LogP contribution is 2.31. The Morgan fingerprint density at radius 1 is 1.16 bits per heavy atom. The van der Waals surface area contributed by atoms with Crippen LogP contribution < -0.4 is 20.7 Å². The average Bonchev–Trinajstić information content (AvgIpc) is 3.00. The fourth-order valence-electron chi connectivity index (χ4n) is 4.71. The number of carbonyl (C=O) groups is 3. The number of anilines is 1. The van der Waals surface area contributed by atoms with Crippen LogP contribution in [0, 0.1) is 0 Å². The highest BCUT2D eigenvalue weighted by molar-refractivity contribution is 6.35. The molecule has 3 N–H and O–H groups in total. The summed E-state index contributed by atoms with van der Waals surface area (Å²) in [5, 5.41) is 3.09. The van der Waals surface area contributed by atoms with Gasteiger partial charge in [-0.2, -0.15) is 0 Å². The molecule has 0 saturated carbocycles. The first-order valence-electron chi connectivity index (χ1n) is 14.6. The largest absolute Gasteiger partial charge is 0.494 e. The average molecular weight is 637 g/mol. The van der Waals surface area contributed by atoms with Gasteiger partial charge in [0.15, 0.2) is 6.73 Å². The van der Waals surface area contributed by atoms with Gasteiger partial charge in [-0.15, -0.1) is 11.6 Å². The van der Waals surface area contributed by atoms with Crippen LogP contribution in [0.15, 0.2) is 53.7 Å².